The molecule has 0 aliphatic heterocycles. The summed E-state index contributed by atoms with van der Waals surface area (Å²) >= 11 is 16.1. The van der Waals surface area contributed by atoms with Crippen molar-refractivity contribution in [3.05, 3.63) is 0 Å². The Morgan fingerprint density at radius 2 is 1.75 bits per heavy atom. The molecule has 0 aromatic rings. The number of halogens is 6. The first-order chi connectivity index (χ1) is 6.91. The van der Waals surface area contributed by atoms with Crippen LogP contribution in [0.4, 0.5) is 13.2 Å². The van der Waals surface area contributed by atoms with Gasteiger partial charge in [0.1, 0.15) is 0 Å². The van der Waals surface area contributed by atoms with Gasteiger partial charge in [0.15, 0.2) is 5.78 Å². The molecule has 0 amide bonds. The van der Waals surface area contributed by atoms with Gasteiger partial charge in [-0.2, -0.15) is 13.2 Å². The monoisotopic (exact) mass is 296 g/mol. The van der Waals surface area contributed by atoms with E-state index in [9.17, 15) is 18.0 Å². The molecule has 1 rings (SSSR count). The van der Waals surface area contributed by atoms with E-state index in [-0.39, 0.29) is 0 Å². The Bertz CT molecular complexity index is 312. The van der Waals surface area contributed by atoms with Crippen LogP contribution in [-0.4, -0.2) is 21.7 Å². The van der Waals surface area contributed by atoms with E-state index in [1.807, 2.05) is 0 Å². The van der Waals surface area contributed by atoms with Crippen LogP contribution in [0, 0.1) is 11.3 Å². The lowest BCUT2D eigenvalue weighted by atomic mass is 9.59. The van der Waals surface area contributed by atoms with E-state index < -0.39 is 39.4 Å². The minimum Gasteiger partial charge on any atom is -0.298 e. The van der Waals surface area contributed by atoms with Crippen LogP contribution in [0.2, 0.25) is 0 Å². The third kappa shape index (κ3) is 2.16. The molecule has 7 heteroatoms. The zero-order valence-electron chi connectivity index (χ0n) is 8.54. The van der Waals surface area contributed by atoms with E-state index in [2.05, 4.69) is 0 Å². The molecule has 0 saturated heterocycles. The predicted octanol–water partition coefficient (Wildman–Crippen LogP) is 3.95. The Hall–Kier alpha value is 0.330. The van der Waals surface area contributed by atoms with E-state index in [1.54, 1.807) is 13.8 Å². The van der Waals surface area contributed by atoms with Crippen LogP contribution < -0.4 is 0 Å². The first-order valence-corrected chi connectivity index (χ1v) is 5.73. The van der Waals surface area contributed by atoms with Gasteiger partial charge in [-0.05, 0) is 11.8 Å². The molecule has 2 atom stereocenters. The van der Waals surface area contributed by atoms with Gasteiger partial charge in [-0.25, -0.2) is 0 Å². The third-order valence-corrected chi connectivity index (χ3v) is 4.53. The van der Waals surface area contributed by atoms with Gasteiger partial charge < -0.3 is 0 Å². The van der Waals surface area contributed by atoms with Gasteiger partial charge in [0.05, 0.1) is 5.38 Å². The summed E-state index contributed by atoms with van der Waals surface area (Å²) in [6.45, 7) is 3.24. The van der Waals surface area contributed by atoms with Crippen LogP contribution >= 0.6 is 34.8 Å². The average molecular weight is 298 g/mol. The van der Waals surface area contributed by atoms with Gasteiger partial charge in [-0.1, -0.05) is 37.0 Å². The highest BCUT2D eigenvalue weighted by Crippen LogP contribution is 2.54. The number of rotatable bonds is 2. The van der Waals surface area contributed by atoms with Gasteiger partial charge in [-0.15, -0.1) is 11.6 Å². The van der Waals surface area contributed by atoms with Crippen molar-refractivity contribution in [1.82, 2.24) is 0 Å². The van der Waals surface area contributed by atoms with E-state index in [0.29, 0.717) is 0 Å². The second kappa shape index (κ2) is 3.92. The van der Waals surface area contributed by atoms with Gasteiger partial charge in [0.25, 0.3) is 0 Å². The molecule has 0 heterocycles. The standard InChI is InChI=1S/C9H10Cl3F3O/c1-7(2)4(5(16)6(7)10)3-8(11,12)9(13,14)15/h4,6H,3H2,1-2H3/t4-,6+/m1/s1. The smallest absolute Gasteiger partial charge is 0.298 e. The highest BCUT2D eigenvalue weighted by Gasteiger charge is 2.62. The summed E-state index contributed by atoms with van der Waals surface area (Å²) in [6.07, 6.45) is -5.42. The summed E-state index contributed by atoms with van der Waals surface area (Å²) in [6, 6.07) is 0. The fourth-order valence-corrected chi connectivity index (χ4v) is 2.34. The minimum atomic E-state index is -4.76. The molecule has 1 aliphatic carbocycles. The summed E-state index contributed by atoms with van der Waals surface area (Å²) in [5.74, 6) is -1.28. The van der Waals surface area contributed by atoms with Crippen LogP contribution in [0.25, 0.3) is 0 Å². The Morgan fingerprint density at radius 3 is 2.06 bits per heavy atom. The molecular weight excluding hydrogens is 287 g/mol. The Labute approximate surface area is 106 Å². The van der Waals surface area contributed by atoms with E-state index in [4.69, 9.17) is 34.8 Å². The van der Waals surface area contributed by atoms with Crippen LogP contribution in [0.1, 0.15) is 20.3 Å². The number of carbonyl (C=O) groups excluding carboxylic acids is 1. The summed E-state index contributed by atoms with van der Waals surface area (Å²) in [5.41, 5.74) is -0.709. The number of carbonyl (C=O) groups is 1. The zero-order chi connectivity index (χ0) is 12.9. The number of Topliss-reactive ketones (excluding diaryl/α,β-unsaturated/α-hetero) is 1. The molecule has 0 aromatic carbocycles. The zero-order valence-corrected chi connectivity index (χ0v) is 10.8. The van der Waals surface area contributed by atoms with E-state index in [0.717, 1.165) is 0 Å². The number of hydrogen-bond donors (Lipinski definition) is 0. The number of ketones is 1. The van der Waals surface area contributed by atoms with Crippen molar-refractivity contribution in [3.63, 3.8) is 0 Å². The lowest BCUT2D eigenvalue weighted by Gasteiger charge is -2.48. The van der Waals surface area contributed by atoms with Crippen molar-refractivity contribution in [2.75, 3.05) is 0 Å². The average Bonchev–Trinajstić information content (AvgIpc) is 2.10. The Morgan fingerprint density at radius 1 is 1.31 bits per heavy atom. The molecule has 1 aliphatic rings. The van der Waals surface area contributed by atoms with Crippen LogP contribution in [0.5, 0.6) is 0 Å². The largest absolute Gasteiger partial charge is 0.421 e. The molecule has 0 aromatic heterocycles. The van der Waals surface area contributed by atoms with Gasteiger partial charge in [-0.3, -0.25) is 4.79 Å². The fourth-order valence-electron chi connectivity index (χ4n) is 1.73. The highest BCUT2D eigenvalue weighted by molar-refractivity contribution is 6.49. The lowest BCUT2D eigenvalue weighted by Crippen LogP contribution is -2.58. The summed E-state index contributed by atoms with van der Waals surface area (Å²) in [5, 5.41) is -0.769. The third-order valence-electron chi connectivity index (χ3n) is 3.02. The number of alkyl halides is 6. The summed E-state index contributed by atoms with van der Waals surface area (Å²) in [4.78, 5) is 11.4. The second-order valence-corrected chi connectivity index (χ2v) is 6.47. The van der Waals surface area contributed by atoms with Crippen molar-refractivity contribution >= 4 is 40.6 Å². The first-order valence-electron chi connectivity index (χ1n) is 4.53. The van der Waals surface area contributed by atoms with Crippen LogP contribution in [-0.2, 0) is 4.79 Å². The van der Waals surface area contributed by atoms with Gasteiger partial charge in [0, 0.05) is 5.92 Å². The normalized spacial score (nSPS) is 30.1. The van der Waals surface area contributed by atoms with Crippen LogP contribution in [0.3, 0.4) is 0 Å². The van der Waals surface area contributed by atoms with Crippen molar-refractivity contribution in [2.45, 2.75) is 36.2 Å². The second-order valence-electron chi connectivity index (χ2n) is 4.55. The molecule has 1 saturated carbocycles. The number of hydrogen-bond acceptors (Lipinski definition) is 1. The molecular formula is C9H10Cl3F3O. The van der Waals surface area contributed by atoms with E-state index >= 15 is 0 Å². The minimum absolute atomic E-state index is 0.429. The molecule has 1 fully saturated rings. The maximum absolute atomic E-state index is 12.4. The summed E-state index contributed by atoms with van der Waals surface area (Å²) < 4.78 is 34.4. The molecule has 1 nitrogen and oxygen atoms in total. The van der Waals surface area contributed by atoms with Gasteiger partial charge >= 0.3 is 6.18 Å². The fraction of sp³-hybridized carbons (Fsp3) is 0.889. The predicted molar refractivity (Wildman–Crippen MR) is 57.0 cm³/mol. The maximum atomic E-state index is 12.4. The molecule has 16 heavy (non-hydrogen) atoms. The molecule has 0 unspecified atom stereocenters. The first kappa shape index (κ1) is 14.4. The topological polar surface area (TPSA) is 17.1 Å². The SMILES string of the molecule is CC1(C)[C@H](CC(Cl)(Cl)C(F)(F)F)C(=O)[C@@H]1Cl. The lowest BCUT2D eigenvalue weighted by molar-refractivity contribution is -0.157. The molecule has 0 N–H and O–H groups in total. The van der Waals surface area contributed by atoms with Crippen molar-refractivity contribution < 1.29 is 18.0 Å². The molecule has 0 radical (unpaired) electrons. The highest BCUT2D eigenvalue weighted by atomic mass is 35.5. The van der Waals surface area contributed by atoms with Crippen LogP contribution in [0.15, 0.2) is 0 Å². The molecule has 0 bridgehead atoms. The summed E-state index contributed by atoms with van der Waals surface area (Å²) in [7, 11) is 0. The van der Waals surface area contributed by atoms with Crippen molar-refractivity contribution in [2.24, 2.45) is 11.3 Å². The van der Waals surface area contributed by atoms with Gasteiger partial charge in [0.2, 0.25) is 4.33 Å². The quantitative estimate of drug-likeness (QED) is 0.705. The Kier molecular flexibility index (Phi) is 3.53. The molecule has 94 valence electrons. The van der Waals surface area contributed by atoms with Crippen molar-refractivity contribution in [3.8, 4) is 0 Å². The van der Waals surface area contributed by atoms with E-state index in [1.165, 1.54) is 0 Å². The van der Waals surface area contributed by atoms with Crippen molar-refractivity contribution in [1.29, 1.82) is 0 Å². The molecule has 0 spiro atoms. The Balaban J connectivity index is 2.81. The maximum Gasteiger partial charge on any atom is 0.421 e.